The second-order valence-electron chi connectivity index (χ2n) is 10.8. The molecule has 2 fully saturated rings. The van der Waals surface area contributed by atoms with Gasteiger partial charge in [0.05, 0.1) is 11.2 Å². The highest BCUT2D eigenvalue weighted by Gasteiger charge is 2.43. The van der Waals surface area contributed by atoms with Crippen LogP contribution in [0.1, 0.15) is 60.8 Å². The summed E-state index contributed by atoms with van der Waals surface area (Å²) in [6.07, 6.45) is 0.429. The molecule has 1 saturated carbocycles. The Hall–Kier alpha value is -3.33. The first-order valence-electron chi connectivity index (χ1n) is 13.4. The first-order chi connectivity index (χ1) is 18.5. The van der Waals surface area contributed by atoms with E-state index in [0.717, 1.165) is 43.4 Å². The molecule has 39 heavy (non-hydrogen) atoms. The zero-order chi connectivity index (χ0) is 27.8. The van der Waals surface area contributed by atoms with Crippen LogP contribution in [0, 0.1) is 12.8 Å². The van der Waals surface area contributed by atoms with Crippen LogP contribution >= 0.6 is 0 Å². The van der Waals surface area contributed by atoms with Gasteiger partial charge >= 0.3 is 11.8 Å². The minimum absolute atomic E-state index is 0.0279. The number of benzene rings is 2. The number of rotatable bonds is 6. The number of hydrogen-bond donors (Lipinski definition) is 1. The normalized spacial score (nSPS) is 21.6. The Bertz CT molecular complexity index is 1430. The molecular weight excluding hydrogens is 511 g/mol. The molecule has 1 saturated heterocycles. The fraction of sp³-hybridized carbons (Fsp3) is 0.467. The van der Waals surface area contributed by atoms with E-state index in [4.69, 9.17) is 9.15 Å². The molecule has 0 spiro atoms. The van der Waals surface area contributed by atoms with Crippen LogP contribution < -0.4 is 10.4 Å². The van der Waals surface area contributed by atoms with Crippen molar-refractivity contribution in [1.29, 1.82) is 0 Å². The van der Waals surface area contributed by atoms with Gasteiger partial charge in [-0.3, -0.25) is 4.79 Å². The van der Waals surface area contributed by atoms with Crippen LogP contribution in [0.25, 0.3) is 11.0 Å². The van der Waals surface area contributed by atoms with E-state index in [9.17, 15) is 27.9 Å². The number of carbonyl (C=O) groups excluding carboxylic acids is 1. The van der Waals surface area contributed by atoms with Crippen molar-refractivity contribution in [2.24, 2.45) is 5.92 Å². The molecule has 2 heterocycles. The lowest BCUT2D eigenvalue weighted by atomic mass is 9.71. The molecule has 2 aromatic carbocycles. The van der Waals surface area contributed by atoms with Crippen LogP contribution in [0.4, 0.5) is 13.2 Å². The van der Waals surface area contributed by atoms with Gasteiger partial charge in [-0.25, -0.2) is 4.79 Å². The van der Waals surface area contributed by atoms with Crippen molar-refractivity contribution in [3.8, 4) is 5.75 Å². The number of hydrogen-bond acceptors (Lipinski definition) is 5. The number of halogens is 3. The molecule has 1 N–H and O–H groups in total. The number of aryl methyl sites for hydroxylation is 1. The summed E-state index contributed by atoms with van der Waals surface area (Å²) >= 11 is 0. The predicted octanol–water partition coefficient (Wildman–Crippen LogP) is 5.79. The quantitative estimate of drug-likeness (QED) is 0.399. The van der Waals surface area contributed by atoms with Gasteiger partial charge in [0.2, 0.25) is 5.91 Å². The third-order valence-electron chi connectivity index (χ3n) is 8.29. The molecule has 1 aliphatic heterocycles. The second-order valence-corrected chi connectivity index (χ2v) is 10.8. The van der Waals surface area contributed by atoms with Gasteiger partial charge < -0.3 is 19.2 Å². The Balaban J connectivity index is 1.24. The number of nitrogens with zero attached hydrogens (tertiary/aromatic N) is 1. The smallest absolute Gasteiger partial charge is 0.416 e. The van der Waals surface area contributed by atoms with Gasteiger partial charge in [-0.15, -0.1) is 0 Å². The fourth-order valence-corrected chi connectivity index (χ4v) is 5.94. The van der Waals surface area contributed by atoms with E-state index in [1.807, 2.05) is 11.8 Å². The van der Waals surface area contributed by atoms with E-state index in [2.05, 4.69) is 0 Å². The lowest BCUT2D eigenvalue weighted by molar-refractivity contribution is -0.143. The van der Waals surface area contributed by atoms with Crippen molar-refractivity contribution in [1.82, 2.24) is 4.90 Å². The van der Waals surface area contributed by atoms with Crippen molar-refractivity contribution < 1.29 is 32.2 Å². The first kappa shape index (κ1) is 27.2. The van der Waals surface area contributed by atoms with Gasteiger partial charge in [0.15, 0.2) is 0 Å². The van der Waals surface area contributed by atoms with Crippen LogP contribution in [0.3, 0.4) is 0 Å². The lowest BCUT2D eigenvalue weighted by Gasteiger charge is -2.47. The SMILES string of the molecule is Cc1c(CCC(=O)N2CC[C@]3(O)CCCC[C@@H]3C2)c(=O)oc2cc(OCc3cccc(C(F)(F)F)c3)ccc12. The number of fused-ring (bicyclic) bond motifs is 2. The van der Waals surface area contributed by atoms with Crippen molar-refractivity contribution in [3.05, 3.63) is 75.1 Å². The highest BCUT2D eigenvalue weighted by molar-refractivity contribution is 5.83. The predicted molar refractivity (Wildman–Crippen MR) is 139 cm³/mol. The lowest BCUT2D eigenvalue weighted by Crippen LogP contribution is -2.54. The summed E-state index contributed by atoms with van der Waals surface area (Å²) in [6.45, 7) is 2.82. The number of aliphatic hydroxyl groups is 1. The number of ether oxygens (including phenoxy) is 1. The minimum Gasteiger partial charge on any atom is -0.489 e. The maximum absolute atomic E-state index is 13.0. The molecular formula is C30H32F3NO5. The average molecular weight is 544 g/mol. The average Bonchev–Trinajstić information content (AvgIpc) is 2.90. The second kappa shape index (κ2) is 10.7. The van der Waals surface area contributed by atoms with E-state index in [1.54, 1.807) is 24.3 Å². The third-order valence-corrected chi connectivity index (χ3v) is 8.29. The van der Waals surface area contributed by atoms with Crippen LogP contribution in [0.2, 0.25) is 0 Å². The molecule has 1 aromatic heterocycles. The van der Waals surface area contributed by atoms with E-state index in [-0.39, 0.29) is 31.3 Å². The van der Waals surface area contributed by atoms with Gasteiger partial charge in [0.25, 0.3) is 0 Å². The van der Waals surface area contributed by atoms with E-state index in [0.29, 0.717) is 47.4 Å². The zero-order valence-electron chi connectivity index (χ0n) is 21.9. The Morgan fingerprint density at radius 2 is 2.00 bits per heavy atom. The molecule has 0 unspecified atom stereocenters. The van der Waals surface area contributed by atoms with Crippen molar-refractivity contribution >= 4 is 16.9 Å². The first-order valence-corrected chi connectivity index (χ1v) is 13.4. The van der Waals surface area contributed by atoms with Gasteiger partial charge in [0, 0.05) is 42.4 Å². The molecule has 5 rings (SSSR count). The Morgan fingerprint density at radius 3 is 2.79 bits per heavy atom. The summed E-state index contributed by atoms with van der Waals surface area (Å²) in [7, 11) is 0. The largest absolute Gasteiger partial charge is 0.489 e. The van der Waals surface area contributed by atoms with E-state index < -0.39 is 23.0 Å². The molecule has 2 atom stereocenters. The fourth-order valence-electron chi connectivity index (χ4n) is 5.94. The summed E-state index contributed by atoms with van der Waals surface area (Å²) in [5.74, 6) is 0.444. The summed E-state index contributed by atoms with van der Waals surface area (Å²) in [5, 5.41) is 11.6. The molecule has 2 aliphatic rings. The molecule has 1 aliphatic carbocycles. The number of likely N-dealkylation sites (tertiary alicyclic amines) is 1. The van der Waals surface area contributed by atoms with Crippen molar-refractivity contribution in [3.63, 3.8) is 0 Å². The molecule has 0 bridgehead atoms. The highest BCUT2D eigenvalue weighted by atomic mass is 19.4. The van der Waals surface area contributed by atoms with E-state index >= 15 is 0 Å². The third kappa shape index (κ3) is 5.83. The van der Waals surface area contributed by atoms with Crippen LogP contribution in [-0.4, -0.2) is 34.6 Å². The van der Waals surface area contributed by atoms with Crippen LogP contribution in [-0.2, 0) is 24.0 Å². The van der Waals surface area contributed by atoms with Crippen LogP contribution in [0.5, 0.6) is 5.75 Å². The topological polar surface area (TPSA) is 80.0 Å². The highest BCUT2D eigenvalue weighted by Crippen LogP contribution is 2.40. The summed E-state index contributed by atoms with van der Waals surface area (Å²) in [5.41, 5.74) is -0.0842. The maximum atomic E-state index is 13.0. The minimum atomic E-state index is -4.43. The standard InChI is InChI=1S/C30H32F3NO5/c1-19-24-9-8-23(38-18-20-5-4-7-21(15-20)30(31,32)33)16-26(24)39-28(36)25(19)10-11-27(35)34-14-13-29(37)12-3-2-6-22(29)17-34/h4-5,7-9,15-16,22,37H,2-3,6,10-14,17-18H2,1H3/t22-,29-/m1/s1. The van der Waals surface area contributed by atoms with Gasteiger partial charge in [0.1, 0.15) is 17.9 Å². The summed E-state index contributed by atoms with van der Waals surface area (Å²) < 4.78 is 50.1. The van der Waals surface area contributed by atoms with Gasteiger partial charge in [-0.1, -0.05) is 25.0 Å². The number of alkyl halides is 3. The van der Waals surface area contributed by atoms with Crippen LogP contribution in [0.15, 0.2) is 51.7 Å². The van der Waals surface area contributed by atoms with Gasteiger partial charge in [-0.05, 0) is 68.0 Å². The molecule has 1 amide bonds. The molecule has 6 nitrogen and oxygen atoms in total. The number of amides is 1. The summed E-state index contributed by atoms with van der Waals surface area (Å²) in [4.78, 5) is 27.6. The Morgan fingerprint density at radius 1 is 1.18 bits per heavy atom. The molecule has 3 aromatic rings. The maximum Gasteiger partial charge on any atom is 0.416 e. The molecule has 0 radical (unpaired) electrons. The van der Waals surface area contributed by atoms with Gasteiger partial charge in [-0.2, -0.15) is 13.2 Å². The van der Waals surface area contributed by atoms with Crippen molar-refractivity contribution in [2.45, 2.75) is 70.3 Å². The molecule has 208 valence electrons. The number of carbonyl (C=O) groups is 1. The monoisotopic (exact) mass is 543 g/mol. The zero-order valence-corrected chi connectivity index (χ0v) is 21.9. The Labute approximate surface area is 224 Å². The Kier molecular flexibility index (Phi) is 7.46. The van der Waals surface area contributed by atoms with E-state index in [1.165, 1.54) is 6.07 Å². The number of piperidine rings is 1. The van der Waals surface area contributed by atoms with Crippen molar-refractivity contribution in [2.75, 3.05) is 13.1 Å². The summed E-state index contributed by atoms with van der Waals surface area (Å²) in [6, 6.07) is 9.89. The molecule has 9 heteroatoms.